The summed E-state index contributed by atoms with van der Waals surface area (Å²) in [6.45, 7) is 8.49. The first kappa shape index (κ1) is 16.6. The SMILES string of the molecule is C[C@H]1CC=C(c2cccc3c2cnn3C)N(C(=O)OC(C)(C)C)C1. The van der Waals surface area contributed by atoms with Crippen LogP contribution in [-0.2, 0) is 11.8 Å². The Kier molecular flexibility index (Phi) is 4.11. The molecular formula is C19H25N3O2. The Balaban J connectivity index is 2.04. The summed E-state index contributed by atoms with van der Waals surface area (Å²) in [7, 11) is 1.93. The number of ether oxygens (including phenoxy) is 1. The molecule has 0 N–H and O–H groups in total. The first-order valence-electron chi connectivity index (χ1n) is 8.38. The monoisotopic (exact) mass is 327 g/mol. The third-order valence-electron chi connectivity index (χ3n) is 4.18. The smallest absolute Gasteiger partial charge is 0.414 e. The lowest BCUT2D eigenvalue weighted by atomic mass is 9.97. The van der Waals surface area contributed by atoms with Gasteiger partial charge in [-0.2, -0.15) is 5.10 Å². The molecule has 0 fully saturated rings. The van der Waals surface area contributed by atoms with Crippen molar-refractivity contribution in [3.05, 3.63) is 36.0 Å². The fraction of sp³-hybridized carbons (Fsp3) is 0.474. The highest BCUT2D eigenvalue weighted by Crippen LogP contribution is 2.33. The summed E-state index contributed by atoms with van der Waals surface area (Å²) in [6.07, 6.45) is 4.66. The van der Waals surface area contributed by atoms with E-state index in [1.165, 1.54) is 0 Å². The van der Waals surface area contributed by atoms with Crippen LogP contribution in [0.4, 0.5) is 4.79 Å². The fourth-order valence-electron chi connectivity index (χ4n) is 3.05. The van der Waals surface area contributed by atoms with Crippen LogP contribution in [0.15, 0.2) is 30.5 Å². The van der Waals surface area contributed by atoms with Gasteiger partial charge in [0, 0.05) is 24.5 Å². The molecule has 2 aromatic rings. The second-order valence-corrected chi connectivity index (χ2v) is 7.53. The molecule has 24 heavy (non-hydrogen) atoms. The number of amides is 1. The van der Waals surface area contributed by atoms with Gasteiger partial charge in [-0.3, -0.25) is 9.58 Å². The maximum Gasteiger partial charge on any atom is 0.414 e. The number of fused-ring (bicyclic) bond motifs is 1. The summed E-state index contributed by atoms with van der Waals surface area (Å²) in [5.74, 6) is 0.411. The van der Waals surface area contributed by atoms with Gasteiger partial charge in [-0.05, 0) is 39.2 Å². The molecule has 1 aliphatic heterocycles. The van der Waals surface area contributed by atoms with Gasteiger partial charge in [-0.25, -0.2) is 4.79 Å². The highest BCUT2D eigenvalue weighted by Gasteiger charge is 2.30. The van der Waals surface area contributed by atoms with Gasteiger partial charge in [0.2, 0.25) is 0 Å². The second kappa shape index (κ2) is 5.96. The van der Waals surface area contributed by atoms with Crippen molar-refractivity contribution < 1.29 is 9.53 Å². The highest BCUT2D eigenvalue weighted by molar-refractivity contribution is 5.95. The van der Waals surface area contributed by atoms with Crippen molar-refractivity contribution in [3.63, 3.8) is 0 Å². The van der Waals surface area contributed by atoms with E-state index in [0.717, 1.165) is 28.6 Å². The number of allylic oxidation sites excluding steroid dienone is 1. The third kappa shape index (κ3) is 3.16. The van der Waals surface area contributed by atoms with Crippen molar-refractivity contribution in [2.45, 2.75) is 39.7 Å². The molecule has 1 amide bonds. The van der Waals surface area contributed by atoms with Crippen molar-refractivity contribution in [2.24, 2.45) is 13.0 Å². The zero-order valence-corrected chi connectivity index (χ0v) is 15.0. The molecule has 0 aliphatic carbocycles. The lowest BCUT2D eigenvalue weighted by molar-refractivity contribution is 0.0327. The maximum absolute atomic E-state index is 12.7. The Morgan fingerprint density at radius 3 is 2.79 bits per heavy atom. The van der Waals surface area contributed by atoms with Crippen LogP contribution in [-0.4, -0.2) is 32.9 Å². The topological polar surface area (TPSA) is 47.4 Å². The van der Waals surface area contributed by atoms with Crippen LogP contribution in [0.5, 0.6) is 0 Å². The molecule has 0 radical (unpaired) electrons. The number of carbonyl (C=O) groups is 1. The maximum atomic E-state index is 12.7. The van der Waals surface area contributed by atoms with E-state index in [1.54, 1.807) is 4.90 Å². The molecule has 0 spiro atoms. The Morgan fingerprint density at radius 2 is 2.08 bits per heavy atom. The standard InChI is InChI=1S/C19H25N3O2/c1-13-9-10-17(22(12-13)18(23)24-19(2,3)4)14-7-6-8-16-15(14)11-20-21(16)5/h6-8,10-11,13H,9,12H2,1-5H3/t13-/m0/s1. The zero-order chi connectivity index (χ0) is 17.5. The van der Waals surface area contributed by atoms with Gasteiger partial charge in [0.25, 0.3) is 0 Å². The average Bonchev–Trinajstić information content (AvgIpc) is 2.87. The number of rotatable bonds is 1. The van der Waals surface area contributed by atoms with Crippen LogP contribution in [0.2, 0.25) is 0 Å². The molecule has 0 saturated heterocycles. The van der Waals surface area contributed by atoms with E-state index >= 15 is 0 Å². The first-order chi connectivity index (χ1) is 11.3. The number of carbonyl (C=O) groups excluding carboxylic acids is 1. The second-order valence-electron chi connectivity index (χ2n) is 7.53. The van der Waals surface area contributed by atoms with Crippen molar-refractivity contribution in [3.8, 4) is 0 Å². The molecule has 2 heterocycles. The van der Waals surface area contributed by atoms with E-state index in [9.17, 15) is 4.79 Å². The van der Waals surface area contributed by atoms with Crippen LogP contribution >= 0.6 is 0 Å². The Labute approximate surface area is 142 Å². The molecule has 0 saturated carbocycles. The molecule has 1 aromatic heterocycles. The van der Waals surface area contributed by atoms with Crippen LogP contribution in [0, 0.1) is 5.92 Å². The molecule has 3 rings (SSSR count). The van der Waals surface area contributed by atoms with Gasteiger partial charge < -0.3 is 4.74 Å². The summed E-state index contributed by atoms with van der Waals surface area (Å²) < 4.78 is 7.47. The summed E-state index contributed by atoms with van der Waals surface area (Å²) in [4.78, 5) is 14.5. The highest BCUT2D eigenvalue weighted by atomic mass is 16.6. The Hall–Kier alpha value is -2.30. The van der Waals surface area contributed by atoms with Gasteiger partial charge in [0.15, 0.2) is 0 Å². The van der Waals surface area contributed by atoms with Gasteiger partial charge >= 0.3 is 6.09 Å². The average molecular weight is 327 g/mol. The number of benzene rings is 1. The number of aryl methyl sites for hydroxylation is 1. The van der Waals surface area contributed by atoms with Crippen LogP contribution < -0.4 is 0 Å². The quantitative estimate of drug-likeness (QED) is 0.789. The van der Waals surface area contributed by atoms with Crippen LogP contribution in [0.25, 0.3) is 16.6 Å². The minimum absolute atomic E-state index is 0.291. The zero-order valence-electron chi connectivity index (χ0n) is 15.0. The number of aromatic nitrogens is 2. The van der Waals surface area contributed by atoms with E-state index in [-0.39, 0.29) is 6.09 Å². The molecule has 1 atom stereocenters. The molecule has 0 bridgehead atoms. The predicted octanol–water partition coefficient (Wildman–Crippen LogP) is 4.19. The third-order valence-corrected chi connectivity index (χ3v) is 4.18. The van der Waals surface area contributed by atoms with Crippen molar-refractivity contribution >= 4 is 22.7 Å². The molecule has 1 aliphatic rings. The molecule has 5 heteroatoms. The number of nitrogens with zero attached hydrogens (tertiary/aromatic N) is 3. The number of hydrogen-bond donors (Lipinski definition) is 0. The Morgan fingerprint density at radius 1 is 1.33 bits per heavy atom. The van der Waals surface area contributed by atoms with Gasteiger partial charge in [0.1, 0.15) is 5.60 Å². The van der Waals surface area contributed by atoms with E-state index in [4.69, 9.17) is 4.74 Å². The van der Waals surface area contributed by atoms with Crippen LogP contribution in [0.3, 0.4) is 0 Å². The minimum atomic E-state index is -0.511. The van der Waals surface area contributed by atoms with E-state index in [2.05, 4.69) is 18.1 Å². The van der Waals surface area contributed by atoms with Gasteiger partial charge in [-0.1, -0.05) is 25.1 Å². The van der Waals surface area contributed by atoms with Gasteiger partial charge in [0.05, 0.1) is 17.4 Å². The summed E-state index contributed by atoms with van der Waals surface area (Å²) >= 11 is 0. The summed E-state index contributed by atoms with van der Waals surface area (Å²) in [5, 5.41) is 5.40. The summed E-state index contributed by atoms with van der Waals surface area (Å²) in [5.41, 5.74) is 2.49. The molecule has 1 aromatic carbocycles. The summed E-state index contributed by atoms with van der Waals surface area (Å²) in [6, 6.07) is 6.09. The Bertz CT molecular complexity index is 799. The molecule has 128 valence electrons. The van der Waals surface area contributed by atoms with Crippen molar-refractivity contribution in [1.29, 1.82) is 0 Å². The number of hydrogen-bond acceptors (Lipinski definition) is 3. The molecular weight excluding hydrogens is 302 g/mol. The minimum Gasteiger partial charge on any atom is -0.443 e. The lowest BCUT2D eigenvalue weighted by Crippen LogP contribution is -2.39. The normalized spacial score (nSPS) is 18.6. The van der Waals surface area contributed by atoms with Crippen LogP contribution in [0.1, 0.15) is 39.7 Å². The fourth-order valence-corrected chi connectivity index (χ4v) is 3.05. The van der Waals surface area contributed by atoms with E-state index in [0.29, 0.717) is 12.5 Å². The first-order valence-corrected chi connectivity index (χ1v) is 8.38. The van der Waals surface area contributed by atoms with E-state index < -0.39 is 5.60 Å². The molecule has 0 unspecified atom stereocenters. The van der Waals surface area contributed by atoms with E-state index in [1.807, 2.05) is 56.9 Å². The predicted molar refractivity (Wildman–Crippen MR) is 95.4 cm³/mol. The lowest BCUT2D eigenvalue weighted by Gasteiger charge is -2.34. The van der Waals surface area contributed by atoms with Crippen molar-refractivity contribution in [2.75, 3.05) is 6.54 Å². The van der Waals surface area contributed by atoms with Gasteiger partial charge in [-0.15, -0.1) is 0 Å². The largest absolute Gasteiger partial charge is 0.443 e. The van der Waals surface area contributed by atoms with Crippen molar-refractivity contribution in [1.82, 2.24) is 14.7 Å². The molecule has 5 nitrogen and oxygen atoms in total.